The molecule has 0 fully saturated rings. The smallest absolute Gasteiger partial charge is 0.125 e. The predicted molar refractivity (Wildman–Crippen MR) is 74.4 cm³/mol. The van der Waals surface area contributed by atoms with E-state index in [0.29, 0.717) is 17.8 Å². The molecule has 6 heteroatoms. The van der Waals surface area contributed by atoms with Gasteiger partial charge in [-0.3, -0.25) is 0 Å². The van der Waals surface area contributed by atoms with Gasteiger partial charge in [0, 0.05) is 11.3 Å². The van der Waals surface area contributed by atoms with Crippen molar-refractivity contribution < 1.29 is 9.50 Å². The lowest BCUT2D eigenvalue weighted by Gasteiger charge is -2.06. The Kier molecular flexibility index (Phi) is 3.58. The molecular weight excluding hydrogens is 277 g/mol. The van der Waals surface area contributed by atoms with Crippen molar-refractivity contribution >= 4 is 11.3 Å². The number of thiophene rings is 1. The number of halogens is 1. The molecule has 20 heavy (non-hydrogen) atoms. The molecule has 3 aromatic rings. The van der Waals surface area contributed by atoms with Crippen molar-refractivity contribution in [2.24, 2.45) is 0 Å². The van der Waals surface area contributed by atoms with E-state index in [0.717, 1.165) is 10.6 Å². The predicted octanol–water partition coefficient (Wildman–Crippen LogP) is 2.55. The van der Waals surface area contributed by atoms with Crippen LogP contribution < -0.4 is 0 Å². The summed E-state index contributed by atoms with van der Waals surface area (Å²) < 4.78 is 14.9. The van der Waals surface area contributed by atoms with Gasteiger partial charge >= 0.3 is 0 Å². The summed E-state index contributed by atoms with van der Waals surface area (Å²) in [6, 6.07) is 10.1. The second-order valence-corrected chi connectivity index (χ2v) is 5.32. The van der Waals surface area contributed by atoms with E-state index in [1.54, 1.807) is 28.2 Å². The number of aliphatic hydroxyl groups excluding tert-OH is 1. The topological polar surface area (TPSA) is 50.9 Å². The van der Waals surface area contributed by atoms with Gasteiger partial charge in [-0.25, -0.2) is 9.07 Å². The first-order valence-corrected chi connectivity index (χ1v) is 6.98. The van der Waals surface area contributed by atoms with Gasteiger partial charge in [0.1, 0.15) is 11.5 Å². The zero-order chi connectivity index (χ0) is 13.9. The third-order valence-electron chi connectivity index (χ3n) is 2.97. The molecule has 102 valence electrons. The Morgan fingerprint density at radius 2 is 2.15 bits per heavy atom. The normalized spacial score (nSPS) is 10.9. The molecule has 0 atom stereocenters. The highest BCUT2D eigenvalue weighted by Gasteiger charge is 2.15. The van der Waals surface area contributed by atoms with Crippen LogP contribution in [-0.2, 0) is 13.0 Å². The Hall–Kier alpha value is -2.05. The molecule has 2 aromatic heterocycles. The number of hydrogen-bond donors (Lipinski definition) is 1. The van der Waals surface area contributed by atoms with Crippen LogP contribution in [0.15, 0.2) is 41.8 Å². The Bertz CT molecular complexity index is 709. The van der Waals surface area contributed by atoms with Crippen LogP contribution in [0, 0.1) is 5.82 Å². The summed E-state index contributed by atoms with van der Waals surface area (Å²) in [5.74, 6) is -0.328. The van der Waals surface area contributed by atoms with Crippen molar-refractivity contribution in [1.29, 1.82) is 0 Å². The average molecular weight is 289 g/mol. The largest absolute Gasteiger partial charge is 0.390 e. The monoisotopic (exact) mass is 289 g/mol. The van der Waals surface area contributed by atoms with E-state index >= 15 is 0 Å². The van der Waals surface area contributed by atoms with E-state index < -0.39 is 0 Å². The minimum atomic E-state index is -0.328. The quantitative estimate of drug-likeness (QED) is 0.803. The molecule has 0 bridgehead atoms. The van der Waals surface area contributed by atoms with Crippen molar-refractivity contribution in [3.63, 3.8) is 0 Å². The summed E-state index contributed by atoms with van der Waals surface area (Å²) in [6.45, 7) is -0.184. The molecule has 0 radical (unpaired) electrons. The number of benzene rings is 1. The Balaban J connectivity index is 2.05. The number of hydrogen-bond acceptors (Lipinski definition) is 4. The third kappa shape index (κ3) is 2.48. The van der Waals surface area contributed by atoms with Gasteiger partial charge in [0.15, 0.2) is 0 Å². The maximum Gasteiger partial charge on any atom is 0.125 e. The molecule has 0 unspecified atom stereocenters. The van der Waals surface area contributed by atoms with E-state index in [-0.39, 0.29) is 12.4 Å². The lowest BCUT2D eigenvalue weighted by molar-refractivity contribution is 0.275. The van der Waals surface area contributed by atoms with Crippen molar-refractivity contribution in [1.82, 2.24) is 15.0 Å². The summed E-state index contributed by atoms with van der Waals surface area (Å²) in [4.78, 5) is 1.14. The Morgan fingerprint density at radius 1 is 1.25 bits per heavy atom. The highest BCUT2D eigenvalue weighted by Crippen LogP contribution is 2.20. The van der Waals surface area contributed by atoms with Gasteiger partial charge in [0.2, 0.25) is 0 Å². The van der Waals surface area contributed by atoms with Crippen molar-refractivity contribution in [2.75, 3.05) is 0 Å². The van der Waals surface area contributed by atoms with Crippen LogP contribution in [0.2, 0.25) is 0 Å². The van der Waals surface area contributed by atoms with E-state index in [1.807, 2.05) is 17.5 Å². The average Bonchev–Trinajstić information content (AvgIpc) is 3.08. The zero-order valence-corrected chi connectivity index (χ0v) is 11.3. The first-order valence-electron chi connectivity index (χ1n) is 6.10. The van der Waals surface area contributed by atoms with Gasteiger partial charge in [-0.05, 0) is 29.6 Å². The Labute approximate surface area is 119 Å². The van der Waals surface area contributed by atoms with Crippen molar-refractivity contribution in [3.05, 3.63) is 63.9 Å². The molecule has 0 saturated carbocycles. The molecule has 3 rings (SSSR count). The molecule has 2 heterocycles. The fraction of sp³-hybridized carbons (Fsp3) is 0.143. The zero-order valence-electron chi connectivity index (χ0n) is 10.5. The molecule has 0 saturated heterocycles. The van der Waals surface area contributed by atoms with Crippen LogP contribution in [0.4, 0.5) is 4.39 Å². The fourth-order valence-electron chi connectivity index (χ4n) is 2.03. The number of rotatable bonds is 4. The van der Waals surface area contributed by atoms with Crippen molar-refractivity contribution in [3.8, 4) is 5.69 Å². The minimum absolute atomic E-state index is 0.184. The van der Waals surface area contributed by atoms with Crippen LogP contribution in [0.1, 0.15) is 16.3 Å². The summed E-state index contributed by atoms with van der Waals surface area (Å²) in [6.07, 6.45) is 0.608. The first-order chi connectivity index (χ1) is 9.78. The Morgan fingerprint density at radius 3 is 2.85 bits per heavy atom. The molecule has 0 amide bonds. The van der Waals surface area contributed by atoms with E-state index in [2.05, 4.69) is 10.3 Å². The van der Waals surface area contributed by atoms with Gasteiger partial charge in [0.05, 0.1) is 18.0 Å². The number of aromatic nitrogens is 3. The lowest BCUT2D eigenvalue weighted by atomic mass is 10.2. The molecule has 0 aliphatic heterocycles. The van der Waals surface area contributed by atoms with Gasteiger partial charge in [0.25, 0.3) is 0 Å². The standard InChI is InChI=1S/C14H12FN3OS/c15-10-3-1-4-11(7-10)18-14(13(9-19)16-17-18)8-12-5-2-6-20-12/h1-7,19H,8-9H2. The number of aliphatic hydroxyl groups is 1. The van der Waals surface area contributed by atoms with Gasteiger partial charge in [-0.15, -0.1) is 16.4 Å². The first kappa shape index (κ1) is 13.0. The number of nitrogens with zero attached hydrogens (tertiary/aromatic N) is 3. The lowest BCUT2D eigenvalue weighted by Crippen LogP contribution is -2.04. The van der Waals surface area contributed by atoms with Crippen LogP contribution in [0.25, 0.3) is 5.69 Å². The maximum absolute atomic E-state index is 13.3. The summed E-state index contributed by atoms with van der Waals surface area (Å²) in [5.41, 5.74) is 1.90. The van der Waals surface area contributed by atoms with Crippen LogP contribution >= 0.6 is 11.3 Å². The van der Waals surface area contributed by atoms with E-state index in [1.165, 1.54) is 12.1 Å². The second kappa shape index (κ2) is 5.52. The molecule has 1 aromatic carbocycles. The van der Waals surface area contributed by atoms with Gasteiger partial charge < -0.3 is 5.11 Å². The SMILES string of the molecule is OCc1nnn(-c2cccc(F)c2)c1Cc1cccs1. The molecular formula is C14H12FN3OS. The summed E-state index contributed by atoms with van der Waals surface area (Å²) in [5, 5.41) is 19.4. The van der Waals surface area contributed by atoms with Gasteiger partial charge in [-0.2, -0.15) is 0 Å². The highest BCUT2D eigenvalue weighted by atomic mass is 32.1. The van der Waals surface area contributed by atoms with Crippen LogP contribution in [0.5, 0.6) is 0 Å². The second-order valence-electron chi connectivity index (χ2n) is 4.29. The summed E-state index contributed by atoms with van der Waals surface area (Å²) >= 11 is 1.62. The van der Waals surface area contributed by atoms with Gasteiger partial charge in [-0.1, -0.05) is 17.3 Å². The molecule has 0 aliphatic rings. The van der Waals surface area contributed by atoms with Crippen LogP contribution in [0.3, 0.4) is 0 Å². The highest BCUT2D eigenvalue weighted by molar-refractivity contribution is 7.09. The van der Waals surface area contributed by atoms with E-state index in [9.17, 15) is 9.50 Å². The summed E-state index contributed by atoms with van der Waals surface area (Å²) in [7, 11) is 0. The molecule has 1 N–H and O–H groups in total. The van der Waals surface area contributed by atoms with E-state index in [4.69, 9.17) is 0 Å². The third-order valence-corrected chi connectivity index (χ3v) is 3.84. The fourth-order valence-corrected chi connectivity index (χ4v) is 2.74. The van der Waals surface area contributed by atoms with Crippen molar-refractivity contribution in [2.45, 2.75) is 13.0 Å². The molecule has 0 aliphatic carbocycles. The molecule has 0 spiro atoms. The maximum atomic E-state index is 13.3. The molecule has 4 nitrogen and oxygen atoms in total. The van der Waals surface area contributed by atoms with Crippen LogP contribution in [-0.4, -0.2) is 20.1 Å². The minimum Gasteiger partial charge on any atom is -0.390 e.